The van der Waals surface area contributed by atoms with Gasteiger partial charge in [-0.2, -0.15) is 0 Å². The van der Waals surface area contributed by atoms with Crippen molar-refractivity contribution in [1.82, 2.24) is 0 Å². The van der Waals surface area contributed by atoms with Crippen LogP contribution in [-0.2, 0) is 4.79 Å². The third-order valence-electron chi connectivity index (χ3n) is 5.04. The number of aliphatic hydroxyl groups is 2. The molecule has 0 aromatic carbocycles. The molecule has 0 saturated carbocycles. The zero-order chi connectivity index (χ0) is 18.8. The van der Waals surface area contributed by atoms with E-state index in [1.807, 2.05) is 0 Å². The highest BCUT2D eigenvalue weighted by molar-refractivity contribution is 5.66. The van der Waals surface area contributed by atoms with Gasteiger partial charge in [0.2, 0.25) is 0 Å². The second kappa shape index (κ2) is 18.2. The smallest absolute Gasteiger partial charge is 0.303 e. The van der Waals surface area contributed by atoms with Gasteiger partial charge in [-0.05, 0) is 18.8 Å². The van der Waals surface area contributed by atoms with E-state index in [4.69, 9.17) is 10.2 Å². The van der Waals surface area contributed by atoms with Gasteiger partial charge in [0, 0.05) is 6.42 Å². The van der Waals surface area contributed by atoms with Crippen molar-refractivity contribution in [3.8, 4) is 0 Å². The molecule has 0 amide bonds. The number of aliphatic carboxylic acids is 1. The largest absolute Gasteiger partial charge is 0.481 e. The molecule has 0 aliphatic heterocycles. The average molecular weight is 359 g/mol. The molecule has 4 nitrogen and oxygen atoms in total. The van der Waals surface area contributed by atoms with Gasteiger partial charge in [0.1, 0.15) is 0 Å². The van der Waals surface area contributed by atoms with Crippen LogP contribution in [-0.4, -0.2) is 34.0 Å². The van der Waals surface area contributed by atoms with E-state index in [0.717, 1.165) is 25.7 Å². The van der Waals surface area contributed by atoms with Gasteiger partial charge < -0.3 is 15.3 Å². The van der Waals surface area contributed by atoms with Gasteiger partial charge >= 0.3 is 5.97 Å². The summed E-state index contributed by atoms with van der Waals surface area (Å²) in [6.07, 6.45) is 17.1. The minimum atomic E-state index is -0.681. The molecule has 2 unspecified atom stereocenters. The Balaban J connectivity index is 3.54. The Labute approximate surface area is 155 Å². The molecule has 0 rings (SSSR count). The molecular weight excluding hydrogens is 316 g/mol. The molecular formula is C21H42O4. The van der Waals surface area contributed by atoms with Crippen LogP contribution in [0.1, 0.15) is 110 Å². The number of carboxylic acids is 1. The highest BCUT2D eigenvalue weighted by Crippen LogP contribution is 2.23. The van der Waals surface area contributed by atoms with E-state index in [9.17, 15) is 9.90 Å². The minimum Gasteiger partial charge on any atom is -0.481 e. The summed E-state index contributed by atoms with van der Waals surface area (Å²) in [5.74, 6) is -0.123. The SMILES string of the molecule is CCCCCC(CCCCCCCCCCCC(=O)O)CC(O)CO. The topological polar surface area (TPSA) is 77.8 Å². The van der Waals surface area contributed by atoms with E-state index in [1.54, 1.807) is 0 Å². The van der Waals surface area contributed by atoms with Gasteiger partial charge in [-0.15, -0.1) is 0 Å². The third kappa shape index (κ3) is 18.0. The summed E-state index contributed by atoms with van der Waals surface area (Å²) < 4.78 is 0. The summed E-state index contributed by atoms with van der Waals surface area (Å²) >= 11 is 0. The Kier molecular flexibility index (Phi) is 17.7. The van der Waals surface area contributed by atoms with Crippen LogP contribution in [0.15, 0.2) is 0 Å². The van der Waals surface area contributed by atoms with E-state index >= 15 is 0 Å². The van der Waals surface area contributed by atoms with E-state index in [-0.39, 0.29) is 6.61 Å². The first kappa shape index (κ1) is 24.4. The molecule has 4 heteroatoms. The van der Waals surface area contributed by atoms with Crippen molar-refractivity contribution in [3.63, 3.8) is 0 Å². The Morgan fingerprint density at radius 2 is 1.28 bits per heavy atom. The van der Waals surface area contributed by atoms with Crippen LogP contribution in [0.2, 0.25) is 0 Å². The summed E-state index contributed by atoms with van der Waals surface area (Å²) in [5.41, 5.74) is 0. The van der Waals surface area contributed by atoms with Crippen LogP contribution >= 0.6 is 0 Å². The van der Waals surface area contributed by atoms with E-state index in [0.29, 0.717) is 12.3 Å². The quantitative estimate of drug-likeness (QED) is 0.274. The maximum absolute atomic E-state index is 10.4. The van der Waals surface area contributed by atoms with Crippen molar-refractivity contribution in [2.24, 2.45) is 5.92 Å². The number of carboxylic acid groups (broad SMARTS) is 1. The van der Waals surface area contributed by atoms with E-state index in [1.165, 1.54) is 70.6 Å². The lowest BCUT2D eigenvalue weighted by Gasteiger charge is -2.19. The first-order chi connectivity index (χ1) is 12.1. The summed E-state index contributed by atoms with van der Waals surface area (Å²) in [4.78, 5) is 10.4. The number of unbranched alkanes of at least 4 members (excludes halogenated alkanes) is 10. The zero-order valence-electron chi connectivity index (χ0n) is 16.4. The van der Waals surface area contributed by atoms with Crippen molar-refractivity contribution in [2.75, 3.05) is 6.61 Å². The third-order valence-corrected chi connectivity index (χ3v) is 5.04. The van der Waals surface area contributed by atoms with E-state index < -0.39 is 12.1 Å². The fourth-order valence-electron chi connectivity index (χ4n) is 3.47. The molecule has 0 heterocycles. The van der Waals surface area contributed by atoms with Gasteiger partial charge in [-0.3, -0.25) is 4.79 Å². The molecule has 0 aromatic rings. The van der Waals surface area contributed by atoms with E-state index in [2.05, 4.69) is 6.92 Å². The Hall–Kier alpha value is -0.610. The molecule has 0 aromatic heterocycles. The first-order valence-corrected chi connectivity index (χ1v) is 10.6. The number of hydrogen-bond donors (Lipinski definition) is 3. The zero-order valence-corrected chi connectivity index (χ0v) is 16.4. The molecule has 0 aliphatic carbocycles. The molecule has 0 saturated heterocycles. The van der Waals surface area contributed by atoms with Crippen LogP contribution in [0.25, 0.3) is 0 Å². The van der Waals surface area contributed by atoms with Gasteiger partial charge in [0.05, 0.1) is 12.7 Å². The second-order valence-corrected chi connectivity index (χ2v) is 7.55. The van der Waals surface area contributed by atoms with Crippen molar-refractivity contribution in [1.29, 1.82) is 0 Å². The van der Waals surface area contributed by atoms with Crippen LogP contribution in [0.4, 0.5) is 0 Å². The van der Waals surface area contributed by atoms with Gasteiger partial charge in [0.15, 0.2) is 0 Å². The molecule has 0 fully saturated rings. The summed E-state index contributed by atoms with van der Waals surface area (Å²) in [5, 5.41) is 27.3. The Morgan fingerprint density at radius 3 is 1.76 bits per heavy atom. The predicted octanol–water partition coefficient (Wildman–Crippen LogP) is 5.30. The van der Waals surface area contributed by atoms with Gasteiger partial charge in [-0.25, -0.2) is 0 Å². The molecule has 3 N–H and O–H groups in total. The lowest BCUT2D eigenvalue weighted by Crippen LogP contribution is -2.17. The van der Waals surface area contributed by atoms with Crippen LogP contribution in [0, 0.1) is 5.92 Å². The van der Waals surface area contributed by atoms with Crippen molar-refractivity contribution < 1.29 is 20.1 Å². The first-order valence-electron chi connectivity index (χ1n) is 10.6. The minimum absolute atomic E-state index is 0.114. The highest BCUT2D eigenvalue weighted by atomic mass is 16.4. The number of carbonyl (C=O) groups is 1. The molecule has 25 heavy (non-hydrogen) atoms. The molecule has 0 spiro atoms. The molecule has 2 atom stereocenters. The van der Waals surface area contributed by atoms with Crippen LogP contribution in [0.5, 0.6) is 0 Å². The predicted molar refractivity (Wildman–Crippen MR) is 104 cm³/mol. The lowest BCUT2D eigenvalue weighted by atomic mass is 9.90. The average Bonchev–Trinajstić information content (AvgIpc) is 2.59. The van der Waals surface area contributed by atoms with Gasteiger partial charge in [-0.1, -0.05) is 90.4 Å². The molecule has 0 bridgehead atoms. The van der Waals surface area contributed by atoms with Gasteiger partial charge in [0.25, 0.3) is 0 Å². The summed E-state index contributed by atoms with van der Waals surface area (Å²) in [6, 6.07) is 0. The van der Waals surface area contributed by atoms with Crippen LogP contribution in [0.3, 0.4) is 0 Å². The normalized spacial score (nSPS) is 13.7. The van der Waals surface area contributed by atoms with Crippen molar-refractivity contribution in [3.05, 3.63) is 0 Å². The monoisotopic (exact) mass is 358 g/mol. The highest BCUT2D eigenvalue weighted by Gasteiger charge is 2.13. The fraction of sp³-hybridized carbons (Fsp3) is 0.952. The molecule has 150 valence electrons. The standard InChI is InChI=1S/C21H42O4/c1-2-3-11-14-19(17-20(23)18-22)15-12-9-7-5-4-6-8-10-13-16-21(24)25/h19-20,22-23H,2-18H2,1H3,(H,24,25). The lowest BCUT2D eigenvalue weighted by molar-refractivity contribution is -0.137. The maximum atomic E-state index is 10.4. The second-order valence-electron chi connectivity index (χ2n) is 7.55. The maximum Gasteiger partial charge on any atom is 0.303 e. The Bertz CT molecular complexity index is 294. The van der Waals surface area contributed by atoms with Crippen LogP contribution < -0.4 is 0 Å². The molecule has 0 radical (unpaired) electrons. The van der Waals surface area contributed by atoms with Crippen molar-refractivity contribution >= 4 is 5.97 Å². The number of hydrogen-bond acceptors (Lipinski definition) is 3. The summed E-state index contributed by atoms with van der Waals surface area (Å²) in [6.45, 7) is 2.10. The Morgan fingerprint density at radius 1 is 0.800 bits per heavy atom. The number of aliphatic hydroxyl groups excluding tert-OH is 2. The fourth-order valence-corrected chi connectivity index (χ4v) is 3.47. The molecule has 0 aliphatic rings. The van der Waals surface area contributed by atoms with Crippen molar-refractivity contribution in [2.45, 2.75) is 116 Å². The summed E-state index contributed by atoms with van der Waals surface area (Å²) in [7, 11) is 0. The number of rotatable bonds is 19.